The van der Waals surface area contributed by atoms with Crippen LogP contribution in [0.4, 0.5) is 42.9 Å². The van der Waals surface area contributed by atoms with Crippen molar-refractivity contribution in [1.29, 1.82) is 0 Å². The zero-order chi connectivity index (χ0) is 56.0. The fraction of sp³-hybridized carbons (Fsp3) is 0.147. The topological polar surface area (TPSA) is 24.9 Å². The van der Waals surface area contributed by atoms with Gasteiger partial charge in [0.15, 0.2) is 0 Å². The third kappa shape index (κ3) is 8.81. The summed E-state index contributed by atoms with van der Waals surface area (Å²) >= 11 is 0. The molecule has 6 heteroatoms. The summed E-state index contributed by atoms with van der Waals surface area (Å²) in [7, 11) is 3.33. The average Bonchev–Trinajstić information content (AvgIpc) is 3.24. The number of methoxy groups -OCH3 is 2. The molecule has 0 N–H and O–H groups in total. The Hall–Kier alpha value is -9.26. The zero-order valence-electron chi connectivity index (χ0n) is 46.9. The second-order valence-electron chi connectivity index (χ2n) is 23.2. The molecule has 13 rings (SSSR count). The molecule has 0 bridgehead atoms. The molecular formula is C75H62F2N2O2. The highest BCUT2D eigenvalue weighted by Gasteiger charge is 2.39. The molecule has 0 aromatic heterocycles. The molecule has 3 aliphatic rings. The Labute approximate surface area is 474 Å². The number of anilines is 6. The van der Waals surface area contributed by atoms with Gasteiger partial charge in [-0.15, -0.1) is 0 Å². The van der Waals surface area contributed by atoms with E-state index in [0.717, 1.165) is 56.8 Å². The van der Waals surface area contributed by atoms with E-state index in [1.165, 1.54) is 102 Å². The first kappa shape index (κ1) is 51.2. The van der Waals surface area contributed by atoms with Crippen LogP contribution in [0.2, 0.25) is 0 Å². The summed E-state index contributed by atoms with van der Waals surface area (Å²) in [6.45, 7) is 13.9. The van der Waals surface area contributed by atoms with Crippen molar-refractivity contribution in [2.24, 2.45) is 0 Å². The Morgan fingerprint density at radius 1 is 0.284 bits per heavy atom. The van der Waals surface area contributed by atoms with Crippen molar-refractivity contribution >= 4 is 58.4 Å². The summed E-state index contributed by atoms with van der Waals surface area (Å²) in [4.78, 5) is 4.34. The van der Waals surface area contributed by atoms with Gasteiger partial charge in [-0.2, -0.15) is 0 Å². The van der Waals surface area contributed by atoms with E-state index in [1.54, 1.807) is 14.2 Å². The molecule has 0 spiro atoms. The minimum absolute atomic E-state index is 0.192. The Morgan fingerprint density at radius 2 is 0.506 bits per heavy atom. The van der Waals surface area contributed by atoms with Crippen molar-refractivity contribution in [1.82, 2.24) is 0 Å². The van der Waals surface area contributed by atoms with E-state index in [9.17, 15) is 8.78 Å². The van der Waals surface area contributed by atoms with E-state index in [1.807, 2.05) is 72.8 Å². The predicted molar refractivity (Wildman–Crippen MR) is 332 cm³/mol. The summed E-state index contributed by atoms with van der Waals surface area (Å²) in [5.41, 5.74) is 24.9. The fourth-order valence-corrected chi connectivity index (χ4v) is 12.9. The zero-order valence-corrected chi connectivity index (χ0v) is 46.9. The van der Waals surface area contributed by atoms with Gasteiger partial charge in [-0.3, -0.25) is 0 Å². The van der Waals surface area contributed by atoms with E-state index >= 15 is 0 Å². The van der Waals surface area contributed by atoms with Crippen LogP contribution in [-0.4, -0.2) is 14.2 Å². The molecule has 0 saturated heterocycles. The molecule has 0 aliphatic heterocycles. The van der Waals surface area contributed by atoms with Crippen molar-refractivity contribution < 1.29 is 18.3 Å². The summed E-state index contributed by atoms with van der Waals surface area (Å²) < 4.78 is 39.3. The van der Waals surface area contributed by atoms with Crippen molar-refractivity contribution in [2.75, 3.05) is 24.0 Å². The molecule has 81 heavy (non-hydrogen) atoms. The lowest BCUT2D eigenvalue weighted by Gasteiger charge is -2.28. The van der Waals surface area contributed by atoms with Crippen LogP contribution in [0.25, 0.3) is 57.7 Å². The second-order valence-corrected chi connectivity index (χ2v) is 23.2. The highest BCUT2D eigenvalue weighted by Crippen LogP contribution is 2.54. The van der Waals surface area contributed by atoms with Crippen LogP contribution in [0.15, 0.2) is 206 Å². The summed E-state index contributed by atoms with van der Waals surface area (Å²) in [5, 5.41) is 0. The molecule has 0 fully saturated rings. The lowest BCUT2D eigenvalue weighted by Crippen LogP contribution is -2.16. The number of hydrogen-bond donors (Lipinski definition) is 0. The predicted octanol–water partition coefficient (Wildman–Crippen LogP) is 20.2. The third-order valence-electron chi connectivity index (χ3n) is 17.4. The van der Waals surface area contributed by atoms with Gasteiger partial charge < -0.3 is 19.3 Å². The quantitative estimate of drug-likeness (QED) is 0.114. The number of halogens is 2. The number of hydrogen-bond acceptors (Lipinski definition) is 4. The first-order chi connectivity index (χ1) is 39.1. The van der Waals surface area contributed by atoms with Gasteiger partial charge >= 0.3 is 0 Å². The minimum atomic E-state index is -0.268. The van der Waals surface area contributed by atoms with Crippen LogP contribution in [0, 0.1) is 11.6 Å². The van der Waals surface area contributed by atoms with Crippen LogP contribution in [0.1, 0.15) is 97.2 Å². The van der Waals surface area contributed by atoms with Crippen LogP contribution >= 0.6 is 0 Å². The first-order valence-electron chi connectivity index (χ1n) is 27.7. The summed E-state index contributed by atoms with van der Waals surface area (Å²) in [6, 6.07) is 70.2. The molecule has 10 aromatic carbocycles. The Bertz CT molecular complexity index is 3900. The highest BCUT2D eigenvalue weighted by molar-refractivity contribution is 5.90. The normalized spacial score (nSPS) is 14.5. The van der Waals surface area contributed by atoms with Gasteiger partial charge in [-0.1, -0.05) is 151 Å². The molecule has 0 heterocycles. The third-order valence-corrected chi connectivity index (χ3v) is 17.4. The Kier molecular flexibility index (Phi) is 12.3. The minimum Gasteiger partial charge on any atom is -0.497 e. The maximum atomic E-state index is 14.2. The van der Waals surface area contributed by atoms with E-state index in [-0.39, 0.29) is 27.9 Å². The standard InChI is InChI=1S/C75H62F2N2O2/c1-73(2)67-41-47(9-11-49-15-37-63-65-39-29-57(45-71(65)74(3,4)69(63)43-49)78(53-21-17-51(76)18-22-53)55-25-31-59(80-7)32-26-55)13-35-61(67)62-36-14-48(42-68(62)73)10-12-50-16-38-64-66-40-30-58(46-72(66)75(5,6)70(64)44-50)79(54-23-19-52(77)20-24-54)56-27-33-60(81-8)34-28-56/h9-46H,1-8H3/b11-9+,12-10+. The average molecular weight is 1060 g/mol. The second kappa shape index (κ2) is 19.5. The molecule has 3 aliphatic carbocycles. The first-order valence-corrected chi connectivity index (χ1v) is 27.7. The van der Waals surface area contributed by atoms with Gasteiger partial charge in [0.2, 0.25) is 0 Å². The van der Waals surface area contributed by atoms with Crippen molar-refractivity contribution in [2.45, 2.75) is 57.8 Å². The van der Waals surface area contributed by atoms with Gasteiger partial charge in [0.05, 0.1) is 14.2 Å². The van der Waals surface area contributed by atoms with Crippen LogP contribution in [-0.2, 0) is 16.2 Å². The summed E-state index contributed by atoms with van der Waals surface area (Å²) in [5.74, 6) is 1.02. The van der Waals surface area contributed by atoms with Crippen molar-refractivity contribution in [3.63, 3.8) is 0 Å². The molecule has 0 atom stereocenters. The molecule has 0 unspecified atom stereocenters. The van der Waals surface area contributed by atoms with Crippen molar-refractivity contribution in [3.8, 4) is 44.9 Å². The van der Waals surface area contributed by atoms with Gasteiger partial charge in [0.25, 0.3) is 0 Å². The molecule has 398 valence electrons. The van der Waals surface area contributed by atoms with Gasteiger partial charge in [0, 0.05) is 50.4 Å². The molecule has 0 amide bonds. The van der Waals surface area contributed by atoms with Crippen LogP contribution < -0.4 is 19.3 Å². The van der Waals surface area contributed by atoms with Gasteiger partial charge in [-0.05, 0) is 210 Å². The number of benzene rings is 10. The van der Waals surface area contributed by atoms with E-state index in [2.05, 4.69) is 185 Å². The largest absolute Gasteiger partial charge is 0.497 e. The van der Waals surface area contributed by atoms with Crippen LogP contribution in [0.5, 0.6) is 11.5 Å². The highest BCUT2D eigenvalue weighted by atomic mass is 19.1. The smallest absolute Gasteiger partial charge is 0.123 e. The number of ether oxygens (including phenoxy) is 2. The Morgan fingerprint density at radius 3 is 0.765 bits per heavy atom. The van der Waals surface area contributed by atoms with E-state index in [0.29, 0.717) is 0 Å². The molecular weight excluding hydrogens is 999 g/mol. The lowest BCUT2D eigenvalue weighted by atomic mass is 9.81. The molecule has 4 nitrogen and oxygen atoms in total. The molecule has 10 aromatic rings. The SMILES string of the molecule is COc1ccc(N(c2ccc(F)cc2)c2ccc3c(c2)C(C)(C)c2cc(/C=C/c4ccc5c(c4)C(C)(C)c4cc(/C=C/c6ccc7c(c6)C(C)(C)c6cc(N(c8ccc(F)cc8)c8ccc(OC)cc8)ccc6-7)ccc4-5)ccc2-3)cc1. The van der Waals surface area contributed by atoms with Crippen LogP contribution in [0.3, 0.4) is 0 Å². The van der Waals surface area contributed by atoms with E-state index in [4.69, 9.17) is 9.47 Å². The fourth-order valence-electron chi connectivity index (χ4n) is 12.9. The molecule has 0 radical (unpaired) electrons. The number of nitrogens with zero attached hydrogens (tertiary/aromatic N) is 2. The summed E-state index contributed by atoms with van der Waals surface area (Å²) in [6.07, 6.45) is 8.99. The lowest BCUT2D eigenvalue weighted by molar-refractivity contribution is 0.414. The van der Waals surface area contributed by atoms with Gasteiger partial charge in [0.1, 0.15) is 23.1 Å². The number of rotatable bonds is 12. The maximum Gasteiger partial charge on any atom is 0.123 e. The number of fused-ring (bicyclic) bond motifs is 9. The Balaban J connectivity index is 0.727. The van der Waals surface area contributed by atoms with Gasteiger partial charge in [-0.25, -0.2) is 8.78 Å². The van der Waals surface area contributed by atoms with E-state index < -0.39 is 0 Å². The van der Waals surface area contributed by atoms with Crippen molar-refractivity contribution in [3.05, 3.63) is 274 Å². The molecule has 0 saturated carbocycles. The monoisotopic (exact) mass is 1060 g/mol. The maximum absolute atomic E-state index is 14.2.